The van der Waals surface area contributed by atoms with E-state index in [9.17, 15) is 13.6 Å². The first kappa shape index (κ1) is 19.8. The Hall–Kier alpha value is -3.14. The number of carbonyl (C=O) groups is 1. The van der Waals surface area contributed by atoms with Crippen molar-refractivity contribution in [1.82, 2.24) is 19.9 Å². The Labute approximate surface area is 177 Å². The van der Waals surface area contributed by atoms with E-state index in [1.54, 1.807) is 13.1 Å². The highest BCUT2D eigenvalue weighted by molar-refractivity contribution is 6.03. The number of alkyl halides is 1. The van der Waals surface area contributed by atoms with Crippen LogP contribution in [0.3, 0.4) is 0 Å². The van der Waals surface area contributed by atoms with E-state index in [0.717, 1.165) is 26.2 Å². The van der Waals surface area contributed by atoms with Gasteiger partial charge in [0.2, 0.25) is 0 Å². The van der Waals surface area contributed by atoms with Gasteiger partial charge in [-0.1, -0.05) is 0 Å². The van der Waals surface area contributed by atoms with Crippen molar-refractivity contribution in [2.24, 2.45) is 5.92 Å². The number of benzene rings is 1. The maximum atomic E-state index is 14.1. The van der Waals surface area contributed by atoms with Gasteiger partial charge in [-0.2, -0.15) is 0 Å². The van der Waals surface area contributed by atoms with Crippen LogP contribution >= 0.6 is 0 Å². The third-order valence-electron chi connectivity index (χ3n) is 5.70. The zero-order chi connectivity index (χ0) is 21.5. The number of oxazole rings is 1. The third kappa shape index (κ3) is 4.07. The van der Waals surface area contributed by atoms with Crippen LogP contribution < -0.4 is 10.2 Å². The number of aromatic nitrogens is 3. The zero-order valence-electron chi connectivity index (χ0n) is 17.0. The summed E-state index contributed by atoms with van der Waals surface area (Å²) in [4.78, 5) is 29.2. The molecule has 2 aromatic heterocycles. The van der Waals surface area contributed by atoms with Crippen LogP contribution in [0.2, 0.25) is 0 Å². The molecule has 1 aromatic carbocycles. The first-order chi connectivity index (χ1) is 14.9. The van der Waals surface area contributed by atoms with Crippen LogP contribution in [0.1, 0.15) is 22.8 Å². The van der Waals surface area contributed by atoms with E-state index in [4.69, 9.17) is 4.42 Å². The Morgan fingerprint density at radius 2 is 2.10 bits per heavy atom. The molecule has 4 heterocycles. The predicted molar refractivity (Wildman–Crippen MR) is 110 cm³/mol. The number of carbonyl (C=O) groups excluding carboxylic acids is 1. The fourth-order valence-corrected chi connectivity index (χ4v) is 4.16. The molecule has 5 rings (SSSR count). The van der Waals surface area contributed by atoms with Crippen LogP contribution in [0.25, 0.3) is 11.1 Å². The Morgan fingerprint density at radius 3 is 2.81 bits per heavy atom. The van der Waals surface area contributed by atoms with E-state index in [2.05, 4.69) is 30.1 Å². The molecule has 0 spiro atoms. The minimum Gasteiger partial charge on any atom is -0.441 e. The van der Waals surface area contributed by atoms with Crippen molar-refractivity contribution < 1.29 is 18.0 Å². The van der Waals surface area contributed by atoms with Crippen LogP contribution in [0.15, 0.2) is 28.9 Å². The minimum absolute atomic E-state index is 0.126. The van der Waals surface area contributed by atoms with Crippen LogP contribution in [0.5, 0.6) is 0 Å². The average molecular weight is 428 g/mol. The lowest BCUT2D eigenvalue weighted by atomic mass is 10.00. The molecule has 1 unspecified atom stereocenters. The van der Waals surface area contributed by atoms with Gasteiger partial charge in [0.25, 0.3) is 5.91 Å². The Kier molecular flexibility index (Phi) is 5.01. The summed E-state index contributed by atoms with van der Waals surface area (Å²) in [7, 11) is 0. The molecule has 31 heavy (non-hydrogen) atoms. The molecule has 162 valence electrons. The second kappa shape index (κ2) is 7.84. The molecule has 1 atom stereocenters. The minimum atomic E-state index is -0.695. The highest BCUT2D eigenvalue weighted by Crippen LogP contribution is 2.26. The highest BCUT2D eigenvalue weighted by atomic mass is 19.1. The number of rotatable bonds is 5. The molecule has 0 radical (unpaired) electrons. The van der Waals surface area contributed by atoms with Gasteiger partial charge in [0.1, 0.15) is 23.2 Å². The van der Waals surface area contributed by atoms with Gasteiger partial charge in [0.15, 0.2) is 17.3 Å². The van der Waals surface area contributed by atoms with Gasteiger partial charge in [0, 0.05) is 57.3 Å². The lowest BCUT2D eigenvalue weighted by molar-refractivity contribution is 0.102. The number of amides is 1. The quantitative estimate of drug-likeness (QED) is 0.669. The zero-order valence-corrected chi connectivity index (χ0v) is 17.0. The summed E-state index contributed by atoms with van der Waals surface area (Å²) in [6, 6.07) is 2.71. The number of likely N-dealkylation sites (tertiary alicyclic amines) is 1. The van der Waals surface area contributed by atoms with Crippen LogP contribution in [0, 0.1) is 18.7 Å². The number of aryl methyl sites for hydroxylation is 1. The second-order valence-electron chi connectivity index (χ2n) is 8.17. The van der Waals surface area contributed by atoms with Gasteiger partial charge >= 0.3 is 0 Å². The standard InChI is InChI=1S/C21H22F2N6O2/c1-12-26-20-16(23)4-15(5-18(20)31-12)27-21(30)17-6-25-19(7-24-17)29-9-13(10-29)8-28-3-2-14(22)11-28/h4-7,13-14H,2-3,8-11H2,1H3,(H,27,30). The van der Waals surface area contributed by atoms with Gasteiger partial charge in [-0.15, -0.1) is 0 Å². The van der Waals surface area contributed by atoms with Crippen molar-refractivity contribution in [3.8, 4) is 0 Å². The molecule has 2 aliphatic heterocycles. The second-order valence-corrected chi connectivity index (χ2v) is 8.17. The topological polar surface area (TPSA) is 87.4 Å². The molecular weight excluding hydrogens is 406 g/mol. The van der Waals surface area contributed by atoms with E-state index in [-0.39, 0.29) is 22.5 Å². The Bertz CT molecular complexity index is 1110. The van der Waals surface area contributed by atoms with Crippen molar-refractivity contribution in [2.75, 3.05) is 42.9 Å². The summed E-state index contributed by atoms with van der Waals surface area (Å²) in [5, 5.41) is 2.61. The van der Waals surface area contributed by atoms with E-state index in [0.29, 0.717) is 30.6 Å². The smallest absolute Gasteiger partial charge is 0.275 e. The lowest BCUT2D eigenvalue weighted by Crippen LogP contribution is -2.51. The summed E-state index contributed by atoms with van der Waals surface area (Å²) >= 11 is 0. The SMILES string of the molecule is Cc1nc2c(F)cc(NC(=O)c3cnc(N4CC(CN5CCC(F)C5)C4)cn3)cc2o1. The number of halogens is 2. The lowest BCUT2D eigenvalue weighted by Gasteiger charge is -2.41. The van der Waals surface area contributed by atoms with Crippen molar-refractivity contribution in [2.45, 2.75) is 19.5 Å². The number of nitrogens with zero attached hydrogens (tertiary/aromatic N) is 5. The van der Waals surface area contributed by atoms with Gasteiger partial charge in [-0.05, 0) is 12.5 Å². The molecule has 2 fully saturated rings. The highest BCUT2D eigenvalue weighted by Gasteiger charge is 2.32. The van der Waals surface area contributed by atoms with Crippen molar-refractivity contribution in [3.05, 3.63) is 41.9 Å². The number of nitrogens with one attached hydrogen (secondary N) is 1. The van der Waals surface area contributed by atoms with Gasteiger partial charge in [0.05, 0.1) is 12.4 Å². The fourth-order valence-electron chi connectivity index (χ4n) is 4.16. The molecule has 2 saturated heterocycles. The maximum absolute atomic E-state index is 14.1. The maximum Gasteiger partial charge on any atom is 0.275 e. The third-order valence-corrected chi connectivity index (χ3v) is 5.70. The molecule has 0 saturated carbocycles. The van der Waals surface area contributed by atoms with E-state index in [1.807, 2.05) is 0 Å². The summed E-state index contributed by atoms with van der Waals surface area (Å²) in [6.07, 6.45) is 2.89. The van der Waals surface area contributed by atoms with Crippen molar-refractivity contribution in [1.29, 1.82) is 0 Å². The molecular formula is C21H22F2N6O2. The molecule has 10 heteroatoms. The largest absolute Gasteiger partial charge is 0.441 e. The summed E-state index contributed by atoms with van der Waals surface area (Å²) in [5.41, 5.74) is 0.764. The fraction of sp³-hybridized carbons (Fsp3) is 0.429. The number of hydrogen-bond donors (Lipinski definition) is 1. The average Bonchev–Trinajstić information content (AvgIpc) is 3.29. The van der Waals surface area contributed by atoms with Gasteiger partial charge in [-0.3, -0.25) is 9.69 Å². The van der Waals surface area contributed by atoms with Crippen LogP contribution in [0.4, 0.5) is 20.3 Å². The summed E-state index contributed by atoms with van der Waals surface area (Å²) in [6.45, 7) is 5.56. The van der Waals surface area contributed by atoms with Crippen LogP contribution in [-0.2, 0) is 0 Å². The first-order valence-corrected chi connectivity index (χ1v) is 10.3. The predicted octanol–water partition coefficient (Wildman–Crippen LogP) is 2.80. The molecule has 1 N–H and O–H groups in total. The molecule has 3 aromatic rings. The summed E-state index contributed by atoms with van der Waals surface area (Å²) < 4.78 is 32.8. The van der Waals surface area contributed by atoms with E-state index < -0.39 is 17.9 Å². The van der Waals surface area contributed by atoms with Gasteiger partial charge in [-0.25, -0.2) is 23.7 Å². The summed E-state index contributed by atoms with van der Waals surface area (Å²) in [5.74, 6) is 0.459. The van der Waals surface area contributed by atoms with Crippen LogP contribution in [-0.4, -0.2) is 64.7 Å². The number of hydrogen-bond acceptors (Lipinski definition) is 7. The molecule has 0 aliphatic carbocycles. The van der Waals surface area contributed by atoms with Gasteiger partial charge < -0.3 is 14.6 Å². The molecule has 0 bridgehead atoms. The molecule has 2 aliphatic rings. The van der Waals surface area contributed by atoms with Crippen molar-refractivity contribution >= 4 is 28.5 Å². The Balaban J connectivity index is 1.18. The monoisotopic (exact) mass is 428 g/mol. The molecule has 1 amide bonds. The number of anilines is 2. The normalized spacial score (nSPS) is 19.7. The number of fused-ring (bicyclic) bond motifs is 1. The molecule has 8 nitrogen and oxygen atoms in total. The van der Waals surface area contributed by atoms with E-state index in [1.165, 1.54) is 18.3 Å². The first-order valence-electron chi connectivity index (χ1n) is 10.3. The van der Waals surface area contributed by atoms with Crippen molar-refractivity contribution in [3.63, 3.8) is 0 Å². The van der Waals surface area contributed by atoms with E-state index >= 15 is 0 Å². The Morgan fingerprint density at radius 1 is 1.26 bits per heavy atom.